The minimum Gasteiger partial charge on any atom is -0.168 e. The maximum atomic E-state index is 2.35. The predicted octanol–water partition coefficient (Wildman–Crippen LogP) is 5.68. The molecule has 0 radical (unpaired) electrons. The van der Waals surface area contributed by atoms with Crippen LogP contribution in [0.3, 0.4) is 0 Å². The van der Waals surface area contributed by atoms with E-state index in [1.54, 1.807) is 0 Å². The quantitative estimate of drug-likeness (QED) is 0.202. The fourth-order valence-corrected chi connectivity index (χ4v) is 6.22. The SMILES string of the molecule is CC(C)(C)c1ccc2c(c1)[cH-]c1cc(C(C)(C)C)ccc12.[Cl-].[Cl-].[Zr+2]=[C](c1ccccc1)c1ccccc1.c1ccc2[cH-]ccc2c1. The van der Waals surface area contributed by atoms with E-state index in [9.17, 15) is 0 Å². The first-order valence-electron chi connectivity index (χ1n) is 15.4. The Hall–Kier alpha value is -3.09. The molecule has 0 heterocycles. The molecule has 0 amide bonds. The number of benzene rings is 5. The van der Waals surface area contributed by atoms with Gasteiger partial charge < -0.3 is 24.8 Å². The minimum atomic E-state index is 0. The van der Waals surface area contributed by atoms with Crippen LogP contribution in [0.15, 0.2) is 146 Å². The number of fused-ring (bicyclic) bond motifs is 4. The zero-order valence-electron chi connectivity index (χ0n) is 27.6. The molecule has 0 saturated carbocycles. The molecule has 46 heavy (non-hydrogen) atoms. The molecule has 7 aromatic carbocycles. The average molecular weight is 721 g/mol. The first-order valence-corrected chi connectivity index (χ1v) is 16.7. The molecule has 0 saturated heterocycles. The molecule has 0 atom stereocenters. The van der Waals surface area contributed by atoms with E-state index in [1.165, 1.54) is 82.0 Å². The van der Waals surface area contributed by atoms with Crippen LogP contribution in [0.5, 0.6) is 0 Å². The van der Waals surface area contributed by atoms with Crippen LogP contribution in [-0.4, -0.2) is 3.21 Å². The van der Waals surface area contributed by atoms with Gasteiger partial charge in [-0.05, 0) is 10.8 Å². The molecule has 0 aliphatic carbocycles. The largest absolute Gasteiger partial charge is 0.168 e. The smallest absolute Gasteiger partial charge is 0.0809 e. The van der Waals surface area contributed by atoms with Gasteiger partial charge in [0.1, 0.15) is 0 Å². The van der Waals surface area contributed by atoms with Crippen LogP contribution in [0.1, 0.15) is 63.8 Å². The summed E-state index contributed by atoms with van der Waals surface area (Å²) in [5.74, 6) is 0. The maximum Gasteiger partial charge on any atom is -0.0809 e. The van der Waals surface area contributed by atoms with Crippen LogP contribution in [0, 0.1) is 0 Å². The molecular formula is C43H42Cl2Zr-2. The molecule has 0 bridgehead atoms. The summed E-state index contributed by atoms with van der Waals surface area (Å²) in [6, 6.07) is 52.0. The van der Waals surface area contributed by atoms with E-state index < -0.39 is 0 Å². The number of rotatable bonds is 2. The van der Waals surface area contributed by atoms with Gasteiger partial charge in [0, 0.05) is 0 Å². The van der Waals surface area contributed by atoms with E-state index in [-0.39, 0.29) is 35.6 Å². The molecule has 0 spiro atoms. The van der Waals surface area contributed by atoms with Crippen molar-refractivity contribution < 1.29 is 49.0 Å². The van der Waals surface area contributed by atoms with Gasteiger partial charge in [0.2, 0.25) is 0 Å². The van der Waals surface area contributed by atoms with E-state index in [1.807, 2.05) is 0 Å². The molecule has 0 aliphatic rings. The van der Waals surface area contributed by atoms with Crippen LogP contribution >= 0.6 is 0 Å². The Kier molecular flexibility index (Phi) is 13.1. The molecule has 0 unspecified atom stereocenters. The Bertz CT molecular complexity index is 1840. The summed E-state index contributed by atoms with van der Waals surface area (Å²) in [5, 5.41) is 8.14. The molecule has 0 aliphatic heterocycles. The monoisotopic (exact) mass is 718 g/mol. The second-order valence-corrected chi connectivity index (χ2v) is 14.7. The van der Waals surface area contributed by atoms with E-state index in [4.69, 9.17) is 0 Å². The number of halogens is 2. The van der Waals surface area contributed by atoms with Crippen LogP contribution < -0.4 is 24.8 Å². The van der Waals surface area contributed by atoms with Gasteiger partial charge in [-0.2, -0.15) is 17.5 Å². The van der Waals surface area contributed by atoms with Crippen molar-refractivity contribution in [3.63, 3.8) is 0 Å². The first kappa shape index (κ1) is 37.4. The van der Waals surface area contributed by atoms with Crippen molar-refractivity contribution in [2.75, 3.05) is 0 Å². The van der Waals surface area contributed by atoms with E-state index in [0.29, 0.717) is 0 Å². The van der Waals surface area contributed by atoms with Crippen molar-refractivity contribution in [2.24, 2.45) is 0 Å². The summed E-state index contributed by atoms with van der Waals surface area (Å²) < 4.78 is 1.42. The summed E-state index contributed by atoms with van der Waals surface area (Å²) in [6.45, 7) is 13.6. The van der Waals surface area contributed by atoms with Crippen molar-refractivity contribution >= 4 is 35.5 Å². The standard InChI is InChI=1S/C21H25.C13H10.C9H7.2ClH.Zr/c1-20(2,3)16-7-9-18-14(12-16)11-15-13-17(21(4,5)6)8-10-19(15)18;1-3-7-12(8-4-1)11-13-9-5-2-6-10-13;1-2-5-9-7-3-6-8(9)4-1;;;/h7-13H,1-6H3;1-10H;1-7H;2*1H;/q-1;;-1;;;+2/p-2. The first-order chi connectivity index (χ1) is 21.0. The van der Waals surface area contributed by atoms with Crippen LogP contribution in [-0.2, 0) is 35.1 Å². The molecule has 7 rings (SSSR count). The van der Waals surface area contributed by atoms with Crippen LogP contribution in [0.25, 0.3) is 32.3 Å². The number of hydrogen-bond acceptors (Lipinski definition) is 0. The number of hydrogen-bond donors (Lipinski definition) is 0. The van der Waals surface area contributed by atoms with E-state index in [2.05, 4.69) is 187 Å². The molecule has 0 nitrogen and oxygen atoms in total. The Morgan fingerprint density at radius 2 is 0.935 bits per heavy atom. The third-order valence-electron chi connectivity index (χ3n) is 8.11. The Morgan fingerprint density at radius 3 is 1.37 bits per heavy atom. The van der Waals surface area contributed by atoms with Gasteiger partial charge in [0.15, 0.2) is 0 Å². The predicted molar refractivity (Wildman–Crippen MR) is 190 cm³/mol. The van der Waals surface area contributed by atoms with Crippen molar-refractivity contribution in [3.05, 3.63) is 168 Å². The fourth-order valence-electron chi connectivity index (χ4n) is 5.40. The summed E-state index contributed by atoms with van der Waals surface area (Å²) in [6.07, 6.45) is 0. The summed E-state index contributed by atoms with van der Waals surface area (Å²) in [4.78, 5) is 0. The van der Waals surface area contributed by atoms with Gasteiger partial charge in [-0.1, -0.05) is 83.0 Å². The summed E-state index contributed by atoms with van der Waals surface area (Å²) >= 11 is 1.46. The zero-order chi connectivity index (χ0) is 31.3. The van der Waals surface area contributed by atoms with Crippen molar-refractivity contribution in [3.8, 4) is 0 Å². The molecular weight excluding hydrogens is 679 g/mol. The van der Waals surface area contributed by atoms with Gasteiger partial charge in [-0.3, -0.25) is 0 Å². The van der Waals surface area contributed by atoms with Crippen LogP contribution in [0.4, 0.5) is 0 Å². The van der Waals surface area contributed by atoms with E-state index in [0.717, 1.165) is 0 Å². The molecule has 7 aromatic rings. The van der Waals surface area contributed by atoms with Gasteiger partial charge in [0.25, 0.3) is 0 Å². The second kappa shape index (κ2) is 16.1. The van der Waals surface area contributed by atoms with Crippen molar-refractivity contribution in [1.82, 2.24) is 0 Å². The van der Waals surface area contributed by atoms with Crippen LogP contribution in [0.2, 0.25) is 0 Å². The van der Waals surface area contributed by atoms with Gasteiger partial charge in [-0.25, -0.2) is 0 Å². The topological polar surface area (TPSA) is 0 Å². The third-order valence-corrected chi connectivity index (χ3v) is 9.53. The molecule has 234 valence electrons. The molecule has 0 fully saturated rings. The molecule has 3 heteroatoms. The molecule has 0 N–H and O–H groups in total. The Morgan fingerprint density at radius 1 is 0.500 bits per heavy atom. The summed E-state index contributed by atoms with van der Waals surface area (Å²) in [5.41, 5.74) is 5.87. The Labute approximate surface area is 302 Å². The fraction of sp³-hybridized carbons (Fsp3) is 0.186. The minimum absolute atomic E-state index is 0. The van der Waals surface area contributed by atoms with Gasteiger partial charge >= 0.3 is 99.2 Å². The third kappa shape index (κ3) is 9.26. The second-order valence-electron chi connectivity index (χ2n) is 13.5. The molecule has 0 aromatic heterocycles. The van der Waals surface area contributed by atoms with Gasteiger partial charge in [0.05, 0.1) is 0 Å². The van der Waals surface area contributed by atoms with Crippen molar-refractivity contribution in [1.29, 1.82) is 0 Å². The van der Waals surface area contributed by atoms with E-state index >= 15 is 0 Å². The zero-order valence-corrected chi connectivity index (χ0v) is 31.6. The Balaban J connectivity index is 0.000000199. The summed E-state index contributed by atoms with van der Waals surface area (Å²) in [7, 11) is 0. The van der Waals surface area contributed by atoms with Gasteiger partial charge in [-0.15, -0.1) is 69.4 Å². The maximum absolute atomic E-state index is 2.35. The van der Waals surface area contributed by atoms with Crippen molar-refractivity contribution in [2.45, 2.75) is 52.4 Å². The normalized spacial score (nSPS) is 11.0. The average Bonchev–Trinajstić information content (AvgIpc) is 3.65.